The molecule has 0 amide bonds. The zero-order chi connectivity index (χ0) is 20.3. The van der Waals surface area contributed by atoms with Gasteiger partial charge in [0.05, 0.1) is 12.7 Å². The predicted octanol–water partition coefficient (Wildman–Crippen LogP) is 4.92. The van der Waals surface area contributed by atoms with E-state index in [-0.39, 0.29) is 11.4 Å². The number of hydrogen-bond donors (Lipinski definition) is 1. The standard InChI is InChI=1S/C22H25N3O3/c1-6-23-18-13-16(11-12-17(18)22(2,3)4)19-24-20(28-25-19)14-7-9-15(10-8-14)21(26)27-5/h7-13,23H,6H2,1-5H3. The lowest BCUT2D eigenvalue weighted by Crippen LogP contribution is -2.15. The summed E-state index contributed by atoms with van der Waals surface area (Å²) in [6.07, 6.45) is 0. The fourth-order valence-corrected chi connectivity index (χ4v) is 3.00. The molecular formula is C22H25N3O3. The first-order chi connectivity index (χ1) is 13.3. The Kier molecular flexibility index (Phi) is 5.49. The Morgan fingerprint density at radius 3 is 2.39 bits per heavy atom. The van der Waals surface area contributed by atoms with Crippen LogP contribution in [0.5, 0.6) is 0 Å². The first-order valence-electron chi connectivity index (χ1n) is 9.24. The van der Waals surface area contributed by atoms with Crippen LogP contribution in [0.25, 0.3) is 22.8 Å². The van der Waals surface area contributed by atoms with E-state index in [1.165, 1.54) is 12.7 Å². The van der Waals surface area contributed by atoms with Gasteiger partial charge >= 0.3 is 5.97 Å². The number of rotatable bonds is 5. The molecule has 0 aliphatic heterocycles. The van der Waals surface area contributed by atoms with Crippen molar-refractivity contribution in [2.45, 2.75) is 33.1 Å². The minimum Gasteiger partial charge on any atom is -0.465 e. The minimum absolute atomic E-state index is 0.0276. The molecule has 0 atom stereocenters. The summed E-state index contributed by atoms with van der Waals surface area (Å²) in [7, 11) is 1.35. The van der Waals surface area contributed by atoms with Crippen LogP contribution in [0.1, 0.15) is 43.6 Å². The second-order valence-corrected chi connectivity index (χ2v) is 7.53. The van der Waals surface area contributed by atoms with Crippen LogP contribution in [0, 0.1) is 0 Å². The van der Waals surface area contributed by atoms with E-state index >= 15 is 0 Å². The number of carbonyl (C=O) groups is 1. The summed E-state index contributed by atoms with van der Waals surface area (Å²) in [6.45, 7) is 9.47. The number of nitrogens with zero attached hydrogens (tertiary/aromatic N) is 2. The van der Waals surface area contributed by atoms with Gasteiger partial charge < -0.3 is 14.6 Å². The van der Waals surface area contributed by atoms with Crippen molar-refractivity contribution in [2.75, 3.05) is 19.0 Å². The van der Waals surface area contributed by atoms with Crippen LogP contribution in [-0.4, -0.2) is 29.8 Å². The molecule has 0 fully saturated rings. The molecule has 6 heteroatoms. The molecular weight excluding hydrogens is 354 g/mol. The van der Waals surface area contributed by atoms with Crippen LogP contribution >= 0.6 is 0 Å². The highest BCUT2D eigenvalue weighted by atomic mass is 16.5. The van der Waals surface area contributed by atoms with Crippen molar-refractivity contribution in [1.29, 1.82) is 0 Å². The van der Waals surface area contributed by atoms with Crippen LogP contribution in [-0.2, 0) is 10.2 Å². The number of methoxy groups -OCH3 is 1. The second-order valence-electron chi connectivity index (χ2n) is 7.53. The molecule has 6 nitrogen and oxygen atoms in total. The van der Waals surface area contributed by atoms with E-state index in [9.17, 15) is 4.79 Å². The van der Waals surface area contributed by atoms with Crippen molar-refractivity contribution in [1.82, 2.24) is 10.1 Å². The molecule has 28 heavy (non-hydrogen) atoms. The Labute approximate surface area is 164 Å². The summed E-state index contributed by atoms with van der Waals surface area (Å²) in [5, 5.41) is 7.55. The number of ether oxygens (including phenoxy) is 1. The van der Waals surface area contributed by atoms with E-state index < -0.39 is 0 Å². The van der Waals surface area contributed by atoms with Crippen LogP contribution < -0.4 is 5.32 Å². The van der Waals surface area contributed by atoms with Gasteiger partial charge in [-0.2, -0.15) is 4.98 Å². The van der Waals surface area contributed by atoms with Gasteiger partial charge in [0.25, 0.3) is 5.89 Å². The lowest BCUT2D eigenvalue weighted by molar-refractivity contribution is 0.0600. The molecule has 146 valence electrons. The Bertz CT molecular complexity index is 969. The monoisotopic (exact) mass is 379 g/mol. The first-order valence-corrected chi connectivity index (χ1v) is 9.24. The molecule has 0 aliphatic carbocycles. The fraction of sp³-hybridized carbons (Fsp3) is 0.318. The number of hydrogen-bond acceptors (Lipinski definition) is 6. The average molecular weight is 379 g/mol. The first kappa shape index (κ1) is 19.6. The molecule has 3 aromatic rings. The topological polar surface area (TPSA) is 77.2 Å². The molecule has 3 rings (SSSR count). The van der Waals surface area contributed by atoms with E-state index in [1.54, 1.807) is 24.3 Å². The normalized spacial score (nSPS) is 11.3. The van der Waals surface area contributed by atoms with E-state index in [2.05, 4.69) is 55.3 Å². The van der Waals surface area contributed by atoms with Gasteiger partial charge in [-0.15, -0.1) is 0 Å². The summed E-state index contributed by atoms with van der Waals surface area (Å²) in [4.78, 5) is 16.1. The zero-order valence-electron chi connectivity index (χ0n) is 16.9. The summed E-state index contributed by atoms with van der Waals surface area (Å²) in [5.74, 6) is 0.538. The van der Waals surface area contributed by atoms with Gasteiger partial charge in [0.15, 0.2) is 0 Å². The molecule has 0 saturated carbocycles. The van der Waals surface area contributed by atoms with Gasteiger partial charge in [0.1, 0.15) is 0 Å². The molecule has 0 unspecified atom stereocenters. The highest BCUT2D eigenvalue weighted by molar-refractivity contribution is 5.89. The highest BCUT2D eigenvalue weighted by Gasteiger charge is 2.20. The quantitative estimate of drug-likeness (QED) is 0.634. The Hall–Kier alpha value is -3.15. The average Bonchev–Trinajstić information content (AvgIpc) is 3.17. The molecule has 1 N–H and O–H groups in total. The smallest absolute Gasteiger partial charge is 0.337 e. The number of carbonyl (C=O) groups excluding carboxylic acids is 1. The van der Waals surface area contributed by atoms with Crippen molar-refractivity contribution < 1.29 is 14.1 Å². The van der Waals surface area contributed by atoms with E-state index in [1.807, 2.05) is 6.07 Å². The summed E-state index contributed by atoms with van der Waals surface area (Å²) >= 11 is 0. The number of esters is 1. The number of aromatic nitrogens is 2. The van der Waals surface area contributed by atoms with E-state index in [0.717, 1.165) is 23.4 Å². The van der Waals surface area contributed by atoms with Gasteiger partial charge in [-0.25, -0.2) is 4.79 Å². The maximum Gasteiger partial charge on any atom is 0.337 e. The van der Waals surface area contributed by atoms with Crippen LogP contribution in [0.3, 0.4) is 0 Å². The third-order valence-electron chi connectivity index (χ3n) is 4.43. The molecule has 1 aromatic heterocycles. The lowest BCUT2D eigenvalue weighted by Gasteiger charge is -2.23. The molecule has 0 spiro atoms. The largest absolute Gasteiger partial charge is 0.465 e. The van der Waals surface area contributed by atoms with Crippen molar-refractivity contribution >= 4 is 11.7 Å². The SMILES string of the molecule is CCNc1cc(-c2noc(-c3ccc(C(=O)OC)cc3)n2)ccc1C(C)(C)C. The van der Waals surface area contributed by atoms with E-state index in [4.69, 9.17) is 9.26 Å². The number of anilines is 1. The second kappa shape index (κ2) is 7.84. The molecule has 2 aromatic carbocycles. The van der Waals surface area contributed by atoms with Crippen molar-refractivity contribution in [3.05, 3.63) is 53.6 Å². The van der Waals surface area contributed by atoms with Gasteiger partial charge in [-0.05, 0) is 48.2 Å². The summed E-state index contributed by atoms with van der Waals surface area (Å²) in [6, 6.07) is 13.0. The lowest BCUT2D eigenvalue weighted by atomic mass is 9.85. The number of nitrogens with one attached hydrogen (secondary N) is 1. The minimum atomic E-state index is -0.382. The van der Waals surface area contributed by atoms with E-state index in [0.29, 0.717) is 17.3 Å². The molecule has 0 saturated heterocycles. The Balaban J connectivity index is 1.91. The third-order valence-corrected chi connectivity index (χ3v) is 4.43. The molecule has 0 aliphatic rings. The van der Waals surface area contributed by atoms with Crippen LogP contribution in [0.15, 0.2) is 47.0 Å². The van der Waals surface area contributed by atoms with Crippen molar-refractivity contribution in [3.63, 3.8) is 0 Å². The van der Waals surface area contributed by atoms with Gasteiger partial charge in [0.2, 0.25) is 5.82 Å². The predicted molar refractivity (Wildman–Crippen MR) is 109 cm³/mol. The van der Waals surface area contributed by atoms with Crippen LogP contribution in [0.4, 0.5) is 5.69 Å². The summed E-state index contributed by atoms with van der Waals surface area (Å²) in [5.41, 5.74) is 4.43. The number of benzene rings is 2. The maximum atomic E-state index is 11.6. The fourth-order valence-electron chi connectivity index (χ4n) is 3.00. The molecule has 0 radical (unpaired) electrons. The Morgan fingerprint density at radius 2 is 1.79 bits per heavy atom. The molecule has 0 bridgehead atoms. The van der Waals surface area contributed by atoms with Crippen LogP contribution in [0.2, 0.25) is 0 Å². The van der Waals surface area contributed by atoms with Gasteiger partial charge in [0, 0.05) is 23.4 Å². The zero-order valence-corrected chi connectivity index (χ0v) is 16.9. The maximum absolute atomic E-state index is 11.6. The van der Waals surface area contributed by atoms with Gasteiger partial charge in [-0.3, -0.25) is 0 Å². The summed E-state index contributed by atoms with van der Waals surface area (Å²) < 4.78 is 10.1. The van der Waals surface area contributed by atoms with Gasteiger partial charge in [-0.1, -0.05) is 38.1 Å². The third kappa shape index (κ3) is 4.06. The highest BCUT2D eigenvalue weighted by Crippen LogP contribution is 2.33. The molecule has 1 heterocycles. The van der Waals surface area contributed by atoms with Crippen molar-refractivity contribution in [2.24, 2.45) is 0 Å². The Morgan fingerprint density at radius 1 is 1.11 bits per heavy atom. The van der Waals surface area contributed by atoms with Crippen molar-refractivity contribution in [3.8, 4) is 22.8 Å².